The van der Waals surface area contributed by atoms with Crippen LogP contribution in [0.25, 0.3) is 0 Å². The average molecular weight is 223 g/mol. The molecule has 0 saturated carbocycles. The standard InChI is InChI=1S/C12H17NOS/c1-2-12(15-5-1)8-14-11-6-9-3-4-10(7-11)13-9/h1-2,5,9-11,13H,3-4,6-8H2. The molecule has 0 aliphatic carbocycles. The number of hydrogen-bond acceptors (Lipinski definition) is 3. The Morgan fingerprint density at radius 1 is 1.33 bits per heavy atom. The summed E-state index contributed by atoms with van der Waals surface area (Å²) in [6.07, 6.45) is 5.61. The van der Waals surface area contributed by atoms with Gasteiger partial charge in [-0.2, -0.15) is 0 Å². The van der Waals surface area contributed by atoms with Crippen LogP contribution in [0.15, 0.2) is 17.5 Å². The second-order valence-corrected chi connectivity index (χ2v) is 5.65. The third-order valence-electron chi connectivity index (χ3n) is 3.47. The molecule has 2 atom stereocenters. The van der Waals surface area contributed by atoms with E-state index in [0.29, 0.717) is 6.10 Å². The summed E-state index contributed by atoms with van der Waals surface area (Å²) in [4.78, 5) is 1.35. The second kappa shape index (κ2) is 4.24. The minimum absolute atomic E-state index is 0.492. The van der Waals surface area contributed by atoms with E-state index in [1.165, 1.54) is 30.6 Å². The molecule has 3 rings (SSSR count). The maximum Gasteiger partial charge on any atom is 0.0813 e. The van der Waals surface area contributed by atoms with E-state index < -0.39 is 0 Å². The first-order valence-electron chi connectivity index (χ1n) is 5.80. The molecule has 82 valence electrons. The van der Waals surface area contributed by atoms with Gasteiger partial charge in [0.05, 0.1) is 12.7 Å². The van der Waals surface area contributed by atoms with Crippen molar-refractivity contribution in [1.82, 2.24) is 5.32 Å². The van der Waals surface area contributed by atoms with E-state index in [1.807, 2.05) is 0 Å². The SMILES string of the molecule is c1csc(COC2CC3CCC(C2)N3)c1. The van der Waals surface area contributed by atoms with E-state index in [2.05, 4.69) is 22.8 Å². The molecule has 1 aromatic rings. The summed E-state index contributed by atoms with van der Waals surface area (Å²) in [6, 6.07) is 5.71. The first-order chi connectivity index (χ1) is 7.40. The number of rotatable bonds is 3. The van der Waals surface area contributed by atoms with E-state index in [9.17, 15) is 0 Å². The fourth-order valence-electron chi connectivity index (χ4n) is 2.74. The van der Waals surface area contributed by atoms with Crippen LogP contribution in [0.3, 0.4) is 0 Å². The Labute approximate surface area is 94.6 Å². The fourth-order valence-corrected chi connectivity index (χ4v) is 3.36. The second-order valence-electron chi connectivity index (χ2n) is 4.62. The molecule has 1 aromatic heterocycles. The van der Waals surface area contributed by atoms with Crippen molar-refractivity contribution in [3.63, 3.8) is 0 Å². The number of piperidine rings is 1. The van der Waals surface area contributed by atoms with Crippen molar-refractivity contribution in [2.75, 3.05) is 0 Å². The van der Waals surface area contributed by atoms with Gasteiger partial charge >= 0.3 is 0 Å². The normalized spacial score (nSPS) is 34.5. The first kappa shape index (κ1) is 9.82. The number of hydrogen-bond donors (Lipinski definition) is 1. The van der Waals surface area contributed by atoms with Crippen LogP contribution in [-0.4, -0.2) is 18.2 Å². The van der Waals surface area contributed by atoms with Gasteiger partial charge in [0.25, 0.3) is 0 Å². The Balaban J connectivity index is 1.52. The molecule has 2 saturated heterocycles. The summed E-state index contributed by atoms with van der Waals surface area (Å²) in [7, 11) is 0. The number of fused-ring (bicyclic) bond motifs is 2. The molecule has 2 nitrogen and oxygen atoms in total. The summed E-state index contributed by atoms with van der Waals surface area (Å²) in [6.45, 7) is 0.807. The number of thiophene rings is 1. The van der Waals surface area contributed by atoms with Gasteiger partial charge in [-0.15, -0.1) is 11.3 Å². The molecule has 0 amide bonds. The highest BCUT2D eigenvalue weighted by Gasteiger charge is 2.33. The van der Waals surface area contributed by atoms with Crippen molar-refractivity contribution in [3.05, 3.63) is 22.4 Å². The Hall–Kier alpha value is -0.380. The molecule has 0 aromatic carbocycles. The van der Waals surface area contributed by atoms with Crippen molar-refractivity contribution in [2.24, 2.45) is 0 Å². The molecule has 2 aliphatic rings. The molecule has 1 N–H and O–H groups in total. The Bertz CT molecular complexity index is 299. The average Bonchev–Trinajstić information content (AvgIpc) is 2.86. The third kappa shape index (κ3) is 2.25. The van der Waals surface area contributed by atoms with Crippen molar-refractivity contribution in [1.29, 1.82) is 0 Å². The van der Waals surface area contributed by atoms with E-state index in [1.54, 1.807) is 11.3 Å². The monoisotopic (exact) mass is 223 g/mol. The smallest absolute Gasteiger partial charge is 0.0813 e. The number of ether oxygens (including phenoxy) is 1. The summed E-state index contributed by atoms with van der Waals surface area (Å²) < 4.78 is 5.98. The van der Waals surface area contributed by atoms with Crippen LogP contribution >= 0.6 is 11.3 Å². The zero-order valence-electron chi connectivity index (χ0n) is 8.82. The van der Waals surface area contributed by atoms with Gasteiger partial charge in [-0.1, -0.05) is 6.07 Å². The van der Waals surface area contributed by atoms with Crippen molar-refractivity contribution < 1.29 is 4.74 Å². The van der Waals surface area contributed by atoms with Gasteiger partial charge in [-0.25, -0.2) is 0 Å². The fraction of sp³-hybridized carbons (Fsp3) is 0.667. The van der Waals surface area contributed by atoms with Crippen LogP contribution in [0.1, 0.15) is 30.6 Å². The summed E-state index contributed by atoms with van der Waals surface area (Å²) >= 11 is 1.79. The van der Waals surface area contributed by atoms with Crippen molar-refractivity contribution in [3.8, 4) is 0 Å². The van der Waals surface area contributed by atoms with Gasteiger partial charge in [0.2, 0.25) is 0 Å². The summed E-state index contributed by atoms with van der Waals surface area (Å²) in [5.41, 5.74) is 0. The molecule has 3 heteroatoms. The van der Waals surface area contributed by atoms with Gasteiger partial charge in [-0.05, 0) is 37.1 Å². The maximum atomic E-state index is 5.98. The van der Waals surface area contributed by atoms with Crippen molar-refractivity contribution in [2.45, 2.75) is 50.5 Å². The minimum Gasteiger partial charge on any atom is -0.373 e. The Kier molecular flexibility index (Phi) is 2.77. The van der Waals surface area contributed by atoms with Crippen molar-refractivity contribution >= 4 is 11.3 Å². The lowest BCUT2D eigenvalue weighted by Crippen LogP contribution is -2.41. The first-order valence-corrected chi connectivity index (χ1v) is 6.68. The van der Waals surface area contributed by atoms with Gasteiger partial charge in [0.1, 0.15) is 0 Å². The molecule has 2 aliphatic heterocycles. The lowest BCUT2D eigenvalue weighted by molar-refractivity contribution is 0.0104. The van der Waals surface area contributed by atoms with Crippen LogP contribution in [0.2, 0.25) is 0 Å². The van der Waals surface area contributed by atoms with Gasteiger partial charge in [-0.3, -0.25) is 0 Å². The molecule has 2 unspecified atom stereocenters. The zero-order valence-corrected chi connectivity index (χ0v) is 9.63. The predicted octanol–water partition coefficient (Wildman–Crippen LogP) is 2.55. The van der Waals surface area contributed by atoms with Crippen LogP contribution in [-0.2, 0) is 11.3 Å². The molecular formula is C12H17NOS. The summed E-state index contributed by atoms with van der Waals surface area (Å²) in [5, 5.41) is 5.75. The highest BCUT2D eigenvalue weighted by atomic mass is 32.1. The minimum atomic E-state index is 0.492. The van der Waals surface area contributed by atoms with Crippen LogP contribution in [0, 0.1) is 0 Å². The van der Waals surface area contributed by atoms with E-state index in [4.69, 9.17) is 4.74 Å². The van der Waals surface area contributed by atoms with Crippen LogP contribution in [0.4, 0.5) is 0 Å². The lowest BCUT2D eigenvalue weighted by atomic mass is 10.0. The molecule has 2 bridgehead atoms. The van der Waals surface area contributed by atoms with E-state index in [-0.39, 0.29) is 0 Å². The molecular weight excluding hydrogens is 206 g/mol. The Morgan fingerprint density at radius 3 is 2.80 bits per heavy atom. The maximum absolute atomic E-state index is 5.98. The zero-order chi connectivity index (χ0) is 10.1. The van der Waals surface area contributed by atoms with Gasteiger partial charge in [0.15, 0.2) is 0 Å². The molecule has 0 spiro atoms. The largest absolute Gasteiger partial charge is 0.373 e. The van der Waals surface area contributed by atoms with Gasteiger partial charge < -0.3 is 10.1 Å². The molecule has 15 heavy (non-hydrogen) atoms. The Morgan fingerprint density at radius 2 is 2.13 bits per heavy atom. The van der Waals surface area contributed by atoms with E-state index in [0.717, 1.165) is 18.7 Å². The highest BCUT2D eigenvalue weighted by Crippen LogP contribution is 2.29. The third-order valence-corrected chi connectivity index (χ3v) is 4.32. The topological polar surface area (TPSA) is 21.3 Å². The van der Waals surface area contributed by atoms with E-state index >= 15 is 0 Å². The van der Waals surface area contributed by atoms with Crippen LogP contribution in [0.5, 0.6) is 0 Å². The molecule has 3 heterocycles. The summed E-state index contributed by atoms with van der Waals surface area (Å²) in [5.74, 6) is 0. The number of nitrogens with one attached hydrogen (secondary N) is 1. The van der Waals surface area contributed by atoms with Crippen LogP contribution < -0.4 is 5.32 Å². The van der Waals surface area contributed by atoms with Gasteiger partial charge in [0, 0.05) is 17.0 Å². The highest BCUT2D eigenvalue weighted by molar-refractivity contribution is 7.09. The quantitative estimate of drug-likeness (QED) is 0.850. The molecule has 0 radical (unpaired) electrons. The molecule has 2 fully saturated rings. The lowest BCUT2D eigenvalue weighted by Gasteiger charge is -2.28. The predicted molar refractivity (Wildman–Crippen MR) is 62.1 cm³/mol.